The molecule has 5 nitrogen and oxygen atoms in total. The Morgan fingerprint density at radius 1 is 1.40 bits per heavy atom. The Labute approximate surface area is 121 Å². The molecule has 1 aromatic rings. The van der Waals surface area contributed by atoms with Gasteiger partial charge in [-0.1, -0.05) is 0 Å². The number of rotatable bonds is 6. The van der Waals surface area contributed by atoms with E-state index >= 15 is 0 Å². The Kier molecular flexibility index (Phi) is 5.61. The summed E-state index contributed by atoms with van der Waals surface area (Å²) in [6.07, 6.45) is 2.97. The molecule has 0 atom stereocenters. The molecule has 1 amide bonds. The molecule has 1 aliphatic rings. The minimum Gasteiger partial charge on any atom is -0.351 e. The molecule has 2 N–H and O–H groups in total. The maximum absolute atomic E-state index is 12.1. The molecule has 0 unspecified atom stereocenters. The molecule has 112 valence electrons. The summed E-state index contributed by atoms with van der Waals surface area (Å²) >= 11 is 0. The predicted octanol–water partition coefficient (Wildman–Crippen LogP) is 1.09. The van der Waals surface area contributed by atoms with Crippen LogP contribution in [-0.2, 0) is 0 Å². The zero-order valence-corrected chi connectivity index (χ0v) is 12.6. The van der Waals surface area contributed by atoms with Crippen LogP contribution in [0, 0.1) is 0 Å². The fraction of sp³-hybridized carbons (Fsp3) is 0.667. The Hall–Kier alpha value is -1.33. The number of nitrogens with one attached hydrogen (secondary N) is 2. The summed E-state index contributed by atoms with van der Waals surface area (Å²) in [7, 11) is 0. The molecule has 0 aliphatic carbocycles. The number of nitrogens with zero attached hydrogens (tertiary/aromatic N) is 2. The molecule has 0 aromatic carbocycles. The van der Waals surface area contributed by atoms with Crippen molar-refractivity contribution < 1.29 is 4.79 Å². The second-order valence-electron chi connectivity index (χ2n) is 5.60. The number of hydrogen-bond donors (Lipinski definition) is 2. The number of carbonyl (C=O) groups is 1. The molecule has 0 spiro atoms. The van der Waals surface area contributed by atoms with Crippen LogP contribution in [0.15, 0.2) is 18.3 Å². The monoisotopic (exact) mass is 278 g/mol. The fourth-order valence-electron chi connectivity index (χ4n) is 2.57. The molecule has 1 fully saturated rings. The average Bonchev–Trinajstić information content (AvgIpc) is 2.94. The van der Waals surface area contributed by atoms with Gasteiger partial charge < -0.3 is 20.1 Å². The van der Waals surface area contributed by atoms with Crippen LogP contribution < -0.4 is 10.6 Å². The highest BCUT2D eigenvalue weighted by molar-refractivity contribution is 5.92. The molecule has 0 saturated carbocycles. The van der Waals surface area contributed by atoms with Crippen molar-refractivity contribution in [2.24, 2.45) is 0 Å². The minimum absolute atomic E-state index is 0.0315. The van der Waals surface area contributed by atoms with Crippen LogP contribution in [0.2, 0.25) is 0 Å². The van der Waals surface area contributed by atoms with Gasteiger partial charge in [-0.2, -0.15) is 0 Å². The fourth-order valence-corrected chi connectivity index (χ4v) is 2.57. The summed E-state index contributed by atoms with van der Waals surface area (Å²) in [5.41, 5.74) is 0.752. The highest BCUT2D eigenvalue weighted by atomic mass is 16.1. The van der Waals surface area contributed by atoms with E-state index in [2.05, 4.69) is 29.4 Å². The van der Waals surface area contributed by atoms with Crippen LogP contribution in [0.3, 0.4) is 0 Å². The van der Waals surface area contributed by atoms with Crippen molar-refractivity contribution in [3.8, 4) is 0 Å². The summed E-state index contributed by atoms with van der Waals surface area (Å²) < 4.78 is 2.01. The van der Waals surface area contributed by atoms with Crippen LogP contribution in [0.4, 0.5) is 0 Å². The van der Waals surface area contributed by atoms with Gasteiger partial charge in [0.15, 0.2) is 0 Å². The van der Waals surface area contributed by atoms with E-state index in [1.165, 1.54) is 0 Å². The molecule has 1 saturated heterocycles. The molecule has 0 bridgehead atoms. The number of aromatic nitrogens is 1. The minimum atomic E-state index is 0.0315. The lowest BCUT2D eigenvalue weighted by atomic mass is 10.3. The van der Waals surface area contributed by atoms with Crippen molar-refractivity contribution in [1.29, 1.82) is 0 Å². The molecule has 1 aromatic heterocycles. The second-order valence-corrected chi connectivity index (χ2v) is 5.60. The molecule has 2 heterocycles. The van der Waals surface area contributed by atoms with E-state index < -0.39 is 0 Å². The average molecular weight is 278 g/mol. The third-order valence-corrected chi connectivity index (χ3v) is 3.71. The lowest BCUT2D eigenvalue weighted by Crippen LogP contribution is -2.44. The highest BCUT2D eigenvalue weighted by Crippen LogP contribution is 2.10. The van der Waals surface area contributed by atoms with Gasteiger partial charge in [-0.25, -0.2) is 0 Å². The van der Waals surface area contributed by atoms with Crippen molar-refractivity contribution >= 4 is 5.91 Å². The van der Waals surface area contributed by atoms with E-state index in [-0.39, 0.29) is 5.91 Å². The first-order chi connectivity index (χ1) is 9.68. The zero-order valence-electron chi connectivity index (χ0n) is 12.6. The van der Waals surface area contributed by atoms with Crippen molar-refractivity contribution in [3.05, 3.63) is 24.0 Å². The molecular formula is C15H26N4O. The SMILES string of the molecule is CC(C)n1cccc1C(=O)NCCCN1CCNCC1. The standard InChI is InChI=1S/C15H26N4O/c1-13(2)19-10-3-5-14(19)15(20)17-6-4-9-18-11-7-16-8-12-18/h3,5,10,13,16H,4,6-9,11-12H2,1-2H3,(H,17,20). The van der Waals surface area contributed by atoms with Crippen LogP contribution in [0.1, 0.15) is 36.8 Å². The lowest BCUT2D eigenvalue weighted by Gasteiger charge is -2.27. The quantitative estimate of drug-likeness (QED) is 0.766. The van der Waals surface area contributed by atoms with Gasteiger partial charge in [0.25, 0.3) is 5.91 Å². The third-order valence-electron chi connectivity index (χ3n) is 3.71. The third kappa shape index (κ3) is 4.08. The number of piperazine rings is 1. The largest absolute Gasteiger partial charge is 0.351 e. The van der Waals surface area contributed by atoms with Crippen LogP contribution in [0.5, 0.6) is 0 Å². The normalized spacial score (nSPS) is 16.6. The molecular weight excluding hydrogens is 252 g/mol. The smallest absolute Gasteiger partial charge is 0.267 e. The Morgan fingerprint density at radius 3 is 2.85 bits per heavy atom. The molecule has 2 rings (SSSR count). The molecule has 20 heavy (non-hydrogen) atoms. The molecule has 1 aliphatic heterocycles. The van der Waals surface area contributed by atoms with Crippen molar-refractivity contribution in [3.63, 3.8) is 0 Å². The Balaban J connectivity index is 1.70. The summed E-state index contributed by atoms with van der Waals surface area (Å²) in [4.78, 5) is 14.6. The van der Waals surface area contributed by atoms with Gasteiger partial charge in [0.05, 0.1) is 0 Å². The van der Waals surface area contributed by atoms with Gasteiger partial charge in [0.1, 0.15) is 5.69 Å². The van der Waals surface area contributed by atoms with Crippen molar-refractivity contribution in [1.82, 2.24) is 20.1 Å². The van der Waals surface area contributed by atoms with Gasteiger partial charge in [-0.3, -0.25) is 4.79 Å². The first-order valence-electron chi connectivity index (χ1n) is 7.56. The first-order valence-corrected chi connectivity index (χ1v) is 7.56. The number of carbonyl (C=O) groups excluding carboxylic acids is 1. The molecule has 0 radical (unpaired) electrons. The van der Waals surface area contributed by atoms with Crippen molar-refractivity contribution in [2.45, 2.75) is 26.3 Å². The first kappa shape index (κ1) is 15.1. The summed E-state index contributed by atoms with van der Waals surface area (Å²) in [5, 5.41) is 6.36. The Bertz CT molecular complexity index is 421. The summed E-state index contributed by atoms with van der Waals surface area (Å²) in [6.45, 7) is 10.4. The van der Waals surface area contributed by atoms with Crippen LogP contribution in [-0.4, -0.2) is 54.6 Å². The molecule has 5 heteroatoms. The zero-order chi connectivity index (χ0) is 14.4. The second kappa shape index (κ2) is 7.45. The van der Waals surface area contributed by atoms with E-state index in [9.17, 15) is 4.79 Å². The van der Waals surface area contributed by atoms with Gasteiger partial charge in [-0.15, -0.1) is 0 Å². The van der Waals surface area contributed by atoms with E-state index in [1.807, 2.05) is 22.9 Å². The van der Waals surface area contributed by atoms with Gasteiger partial charge in [-0.05, 0) is 38.9 Å². The predicted molar refractivity (Wildman–Crippen MR) is 81.1 cm³/mol. The van der Waals surface area contributed by atoms with Gasteiger partial charge >= 0.3 is 0 Å². The van der Waals surface area contributed by atoms with Gasteiger partial charge in [0.2, 0.25) is 0 Å². The van der Waals surface area contributed by atoms with Crippen LogP contribution in [0.25, 0.3) is 0 Å². The van der Waals surface area contributed by atoms with Crippen LogP contribution >= 0.6 is 0 Å². The van der Waals surface area contributed by atoms with E-state index in [4.69, 9.17) is 0 Å². The van der Waals surface area contributed by atoms with E-state index in [0.717, 1.165) is 51.4 Å². The number of hydrogen-bond acceptors (Lipinski definition) is 3. The maximum Gasteiger partial charge on any atom is 0.267 e. The van der Waals surface area contributed by atoms with Gasteiger partial charge in [0, 0.05) is 45.0 Å². The summed E-state index contributed by atoms with van der Waals surface area (Å²) in [5.74, 6) is 0.0315. The van der Waals surface area contributed by atoms with E-state index in [1.54, 1.807) is 0 Å². The number of amides is 1. The highest BCUT2D eigenvalue weighted by Gasteiger charge is 2.12. The lowest BCUT2D eigenvalue weighted by molar-refractivity contribution is 0.0940. The Morgan fingerprint density at radius 2 is 2.15 bits per heavy atom. The maximum atomic E-state index is 12.1. The van der Waals surface area contributed by atoms with Crippen molar-refractivity contribution in [2.75, 3.05) is 39.3 Å². The topological polar surface area (TPSA) is 49.3 Å². The summed E-state index contributed by atoms with van der Waals surface area (Å²) in [6, 6.07) is 4.12. The van der Waals surface area contributed by atoms with E-state index in [0.29, 0.717) is 6.04 Å².